The van der Waals surface area contributed by atoms with Crippen LogP contribution < -0.4 is 10.9 Å². The molecule has 1 amide bonds. The minimum absolute atomic E-state index is 0.201. The standard InChI is InChI=1S/C18H19N5O2S/c1-3-13(21-18(25)15-10-19-12(2)9-20-15)11-23-17(24)7-6-14(22-23)16-5-4-8-26-16/h4-10,13H,3,11H2,1-2H3,(H,21,25)/t13-/m1/s1. The fourth-order valence-corrected chi connectivity index (χ4v) is 3.08. The van der Waals surface area contributed by atoms with E-state index in [1.807, 2.05) is 31.4 Å². The molecule has 1 N–H and O–H groups in total. The highest BCUT2D eigenvalue weighted by Gasteiger charge is 2.16. The van der Waals surface area contributed by atoms with Gasteiger partial charge < -0.3 is 5.32 Å². The van der Waals surface area contributed by atoms with E-state index in [0.29, 0.717) is 13.0 Å². The molecule has 7 nitrogen and oxygen atoms in total. The molecule has 0 radical (unpaired) electrons. The van der Waals surface area contributed by atoms with E-state index < -0.39 is 0 Å². The van der Waals surface area contributed by atoms with Gasteiger partial charge in [0.15, 0.2) is 0 Å². The Morgan fingerprint density at radius 1 is 1.27 bits per heavy atom. The summed E-state index contributed by atoms with van der Waals surface area (Å²) in [5.41, 5.74) is 1.54. The van der Waals surface area contributed by atoms with E-state index in [0.717, 1.165) is 16.3 Å². The van der Waals surface area contributed by atoms with Crippen LogP contribution in [0.1, 0.15) is 29.5 Å². The van der Waals surface area contributed by atoms with Crippen molar-refractivity contribution in [3.63, 3.8) is 0 Å². The molecule has 1 atom stereocenters. The van der Waals surface area contributed by atoms with Crippen LogP contribution in [0.4, 0.5) is 0 Å². The van der Waals surface area contributed by atoms with Gasteiger partial charge in [0.05, 0.1) is 23.3 Å². The van der Waals surface area contributed by atoms with Gasteiger partial charge in [-0.25, -0.2) is 9.67 Å². The molecule has 0 saturated carbocycles. The molecular weight excluding hydrogens is 350 g/mol. The molecule has 0 aromatic carbocycles. The third-order valence-electron chi connectivity index (χ3n) is 3.88. The highest BCUT2D eigenvalue weighted by atomic mass is 32.1. The van der Waals surface area contributed by atoms with Gasteiger partial charge in [-0.3, -0.25) is 14.6 Å². The number of aryl methyl sites for hydroxylation is 1. The Labute approximate surface area is 154 Å². The average Bonchev–Trinajstić information content (AvgIpc) is 3.18. The van der Waals surface area contributed by atoms with E-state index >= 15 is 0 Å². The molecule has 134 valence electrons. The van der Waals surface area contributed by atoms with Crippen LogP contribution in [0.3, 0.4) is 0 Å². The van der Waals surface area contributed by atoms with Crippen molar-refractivity contribution in [1.82, 2.24) is 25.1 Å². The van der Waals surface area contributed by atoms with Crippen molar-refractivity contribution in [2.75, 3.05) is 0 Å². The van der Waals surface area contributed by atoms with Gasteiger partial charge in [-0.1, -0.05) is 13.0 Å². The summed E-state index contributed by atoms with van der Waals surface area (Å²) in [5.74, 6) is -0.313. The van der Waals surface area contributed by atoms with Crippen LogP contribution in [0.5, 0.6) is 0 Å². The van der Waals surface area contributed by atoms with Crippen LogP contribution in [-0.4, -0.2) is 31.7 Å². The number of carbonyl (C=O) groups is 1. The largest absolute Gasteiger partial charge is 0.346 e. The molecule has 0 spiro atoms. The SMILES string of the molecule is CC[C@H](Cn1nc(-c2cccs2)ccc1=O)NC(=O)c1cnc(C)cn1. The summed E-state index contributed by atoms with van der Waals surface area (Å²) in [7, 11) is 0. The highest BCUT2D eigenvalue weighted by molar-refractivity contribution is 7.13. The van der Waals surface area contributed by atoms with E-state index in [-0.39, 0.29) is 23.2 Å². The molecule has 0 saturated heterocycles. The summed E-state index contributed by atoms with van der Waals surface area (Å²) >= 11 is 1.56. The molecule has 0 unspecified atom stereocenters. The second-order valence-electron chi connectivity index (χ2n) is 5.84. The zero-order valence-corrected chi connectivity index (χ0v) is 15.4. The number of aromatic nitrogens is 4. The van der Waals surface area contributed by atoms with Crippen LogP contribution in [0.2, 0.25) is 0 Å². The van der Waals surface area contributed by atoms with Gasteiger partial charge in [-0.15, -0.1) is 11.3 Å². The first kappa shape index (κ1) is 17.9. The molecule has 8 heteroatoms. The molecule has 0 aliphatic heterocycles. The molecule has 0 aliphatic rings. The highest BCUT2D eigenvalue weighted by Crippen LogP contribution is 2.21. The Bertz CT molecular complexity index is 935. The molecule has 3 rings (SSSR count). The van der Waals surface area contributed by atoms with Gasteiger partial charge in [0.1, 0.15) is 11.4 Å². The van der Waals surface area contributed by atoms with Gasteiger partial charge in [0.2, 0.25) is 0 Å². The van der Waals surface area contributed by atoms with Crippen LogP contribution in [-0.2, 0) is 6.54 Å². The summed E-state index contributed by atoms with van der Waals surface area (Å²) in [6, 6.07) is 6.87. The van der Waals surface area contributed by atoms with Crippen molar-refractivity contribution < 1.29 is 4.79 Å². The van der Waals surface area contributed by atoms with Crippen molar-refractivity contribution in [2.45, 2.75) is 32.9 Å². The lowest BCUT2D eigenvalue weighted by molar-refractivity contribution is 0.0925. The van der Waals surface area contributed by atoms with Gasteiger partial charge in [-0.2, -0.15) is 5.10 Å². The predicted molar refractivity (Wildman–Crippen MR) is 100 cm³/mol. The number of hydrogen-bond donors (Lipinski definition) is 1. The zero-order valence-electron chi connectivity index (χ0n) is 14.5. The van der Waals surface area contributed by atoms with E-state index in [1.165, 1.54) is 16.9 Å². The van der Waals surface area contributed by atoms with Crippen molar-refractivity contribution in [2.24, 2.45) is 0 Å². The van der Waals surface area contributed by atoms with Gasteiger partial charge in [0.25, 0.3) is 11.5 Å². The lowest BCUT2D eigenvalue weighted by Crippen LogP contribution is -2.40. The van der Waals surface area contributed by atoms with Gasteiger partial charge in [0, 0.05) is 18.3 Å². The Kier molecular flexibility index (Phi) is 5.52. The minimum Gasteiger partial charge on any atom is -0.346 e. The molecular formula is C18H19N5O2S. The fraction of sp³-hybridized carbons (Fsp3) is 0.278. The number of amides is 1. The molecule has 0 bridgehead atoms. The number of hydrogen-bond acceptors (Lipinski definition) is 6. The van der Waals surface area contributed by atoms with Crippen molar-refractivity contribution in [3.8, 4) is 10.6 Å². The summed E-state index contributed by atoms with van der Waals surface area (Å²) in [5, 5.41) is 9.29. The number of thiophene rings is 1. The summed E-state index contributed by atoms with van der Waals surface area (Å²) < 4.78 is 1.39. The van der Waals surface area contributed by atoms with E-state index in [9.17, 15) is 9.59 Å². The topological polar surface area (TPSA) is 89.8 Å². The second-order valence-corrected chi connectivity index (χ2v) is 6.79. The Balaban J connectivity index is 1.75. The quantitative estimate of drug-likeness (QED) is 0.720. The van der Waals surface area contributed by atoms with Crippen molar-refractivity contribution in [3.05, 3.63) is 63.8 Å². The zero-order chi connectivity index (χ0) is 18.5. The van der Waals surface area contributed by atoms with Crippen LogP contribution >= 0.6 is 11.3 Å². The minimum atomic E-state index is -0.313. The van der Waals surface area contributed by atoms with Crippen LogP contribution in [0.15, 0.2) is 46.8 Å². The molecule has 3 heterocycles. The van der Waals surface area contributed by atoms with Crippen molar-refractivity contribution in [1.29, 1.82) is 0 Å². The second kappa shape index (κ2) is 8.01. The van der Waals surface area contributed by atoms with Crippen LogP contribution in [0.25, 0.3) is 10.6 Å². The molecule has 3 aromatic rings. The van der Waals surface area contributed by atoms with Gasteiger partial charge in [-0.05, 0) is 30.9 Å². The lowest BCUT2D eigenvalue weighted by Gasteiger charge is -2.17. The maximum absolute atomic E-state index is 12.3. The van der Waals surface area contributed by atoms with Crippen LogP contribution in [0, 0.1) is 6.92 Å². The lowest BCUT2D eigenvalue weighted by atomic mass is 10.2. The number of rotatable bonds is 6. The fourth-order valence-electron chi connectivity index (χ4n) is 2.39. The molecule has 26 heavy (non-hydrogen) atoms. The first-order valence-corrected chi connectivity index (χ1v) is 9.16. The molecule has 3 aromatic heterocycles. The number of nitrogens with one attached hydrogen (secondary N) is 1. The monoisotopic (exact) mass is 369 g/mol. The number of nitrogens with zero attached hydrogens (tertiary/aromatic N) is 4. The third kappa shape index (κ3) is 4.20. The molecule has 0 fully saturated rings. The summed E-state index contributed by atoms with van der Waals surface area (Å²) in [4.78, 5) is 33.6. The van der Waals surface area contributed by atoms with E-state index in [4.69, 9.17) is 0 Å². The first-order valence-electron chi connectivity index (χ1n) is 8.28. The maximum atomic E-state index is 12.3. The van der Waals surface area contributed by atoms with Gasteiger partial charge >= 0.3 is 0 Å². The summed E-state index contributed by atoms with van der Waals surface area (Å²) in [6.45, 7) is 4.04. The maximum Gasteiger partial charge on any atom is 0.271 e. The molecule has 0 aliphatic carbocycles. The summed E-state index contributed by atoms with van der Waals surface area (Å²) in [6.07, 6.45) is 3.65. The third-order valence-corrected chi connectivity index (χ3v) is 4.77. The van der Waals surface area contributed by atoms with E-state index in [2.05, 4.69) is 20.4 Å². The Hall–Kier alpha value is -2.87. The average molecular weight is 369 g/mol. The Morgan fingerprint density at radius 2 is 2.12 bits per heavy atom. The van der Waals surface area contributed by atoms with E-state index in [1.54, 1.807) is 23.6 Å². The predicted octanol–water partition coefficient (Wildman–Crippen LogP) is 2.28. The van der Waals surface area contributed by atoms with Crippen molar-refractivity contribution >= 4 is 17.2 Å². The first-order chi connectivity index (χ1) is 12.6. The normalized spacial score (nSPS) is 11.9. The smallest absolute Gasteiger partial charge is 0.271 e. The Morgan fingerprint density at radius 3 is 2.77 bits per heavy atom. The number of carbonyl (C=O) groups excluding carboxylic acids is 1.